The second-order valence-corrected chi connectivity index (χ2v) is 8.02. The minimum atomic E-state index is 0. The molecule has 0 bridgehead atoms. The molecule has 3 rings (SSSR count). The van der Waals surface area contributed by atoms with Gasteiger partial charge in [0.2, 0.25) is 0 Å². The number of piperidine rings is 1. The molecule has 1 fully saturated rings. The van der Waals surface area contributed by atoms with Crippen LogP contribution in [-0.2, 0) is 13.0 Å². The molecule has 1 aliphatic heterocycles. The average molecular weight is 510 g/mol. The van der Waals surface area contributed by atoms with Gasteiger partial charge in [-0.15, -0.1) is 24.0 Å². The van der Waals surface area contributed by atoms with Crippen LogP contribution in [0.1, 0.15) is 38.0 Å². The highest BCUT2D eigenvalue weighted by Crippen LogP contribution is 2.14. The smallest absolute Gasteiger partial charge is 0.191 e. The summed E-state index contributed by atoms with van der Waals surface area (Å²) in [4.78, 5) is 7.32. The van der Waals surface area contributed by atoms with E-state index in [2.05, 4.69) is 59.7 Å². The number of likely N-dealkylation sites (tertiary alicyclic amines) is 1. The first-order valence-electron chi connectivity index (χ1n) is 10.5. The van der Waals surface area contributed by atoms with Gasteiger partial charge in [0.15, 0.2) is 5.96 Å². The first-order valence-corrected chi connectivity index (χ1v) is 10.5. The molecule has 0 saturated carbocycles. The summed E-state index contributed by atoms with van der Waals surface area (Å²) in [6.45, 7) is 9.35. The second-order valence-electron chi connectivity index (χ2n) is 8.02. The molecule has 0 aliphatic carbocycles. The van der Waals surface area contributed by atoms with Crippen LogP contribution in [0.25, 0.3) is 0 Å². The van der Waals surface area contributed by atoms with Gasteiger partial charge in [-0.3, -0.25) is 9.89 Å². The molecule has 5 nitrogen and oxygen atoms in total. The molecule has 2 aromatic rings. The van der Waals surface area contributed by atoms with E-state index in [1.165, 1.54) is 5.56 Å². The third-order valence-electron chi connectivity index (χ3n) is 5.04. The fourth-order valence-corrected chi connectivity index (χ4v) is 3.46. The van der Waals surface area contributed by atoms with Crippen LogP contribution in [0.2, 0.25) is 0 Å². The molecule has 1 aromatic heterocycles. The topological polar surface area (TPSA) is 52.8 Å². The maximum atomic E-state index is 5.42. The van der Waals surface area contributed by atoms with Crippen LogP contribution < -0.4 is 10.6 Å². The summed E-state index contributed by atoms with van der Waals surface area (Å²) in [7, 11) is 0. The van der Waals surface area contributed by atoms with Crippen molar-refractivity contribution in [2.45, 2.75) is 45.7 Å². The molecule has 1 saturated heterocycles. The predicted molar refractivity (Wildman–Crippen MR) is 131 cm³/mol. The van der Waals surface area contributed by atoms with Gasteiger partial charge in [-0.25, -0.2) is 0 Å². The Kier molecular flexibility index (Phi) is 10.6. The van der Waals surface area contributed by atoms with Crippen molar-refractivity contribution in [3.63, 3.8) is 0 Å². The first-order chi connectivity index (χ1) is 13.7. The van der Waals surface area contributed by atoms with Gasteiger partial charge in [-0.1, -0.05) is 44.2 Å². The molecule has 0 unspecified atom stereocenters. The molecule has 0 spiro atoms. The Labute approximate surface area is 192 Å². The van der Waals surface area contributed by atoms with Crippen molar-refractivity contribution < 1.29 is 4.42 Å². The molecule has 2 heterocycles. The van der Waals surface area contributed by atoms with Crippen molar-refractivity contribution in [2.75, 3.05) is 26.2 Å². The lowest BCUT2D eigenvalue weighted by molar-refractivity contribution is 0.198. The molecular formula is C23H35IN4O. The van der Waals surface area contributed by atoms with E-state index in [1.54, 1.807) is 6.26 Å². The van der Waals surface area contributed by atoms with Gasteiger partial charge in [-0.2, -0.15) is 0 Å². The minimum Gasteiger partial charge on any atom is -0.469 e. The zero-order chi connectivity index (χ0) is 19.6. The van der Waals surface area contributed by atoms with Crippen LogP contribution in [0.4, 0.5) is 0 Å². The maximum Gasteiger partial charge on any atom is 0.191 e. The van der Waals surface area contributed by atoms with Crippen molar-refractivity contribution in [3.05, 3.63) is 60.1 Å². The maximum absolute atomic E-state index is 5.42. The summed E-state index contributed by atoms with van der Waals surface area (Å²) < 4.78 is 5.42. The zero-order valence-corrected chi connectivity index (χ0v) is 20.0. The first kappa shape index (κ1) is 23.7. The second kappa shape index (κ2) is 12.9. The fraction of sp³-hybridized carbons (Fsp3) is 0.522. The highest BCUT2D eigenvalue weighted by atomic mass is 127. The van der Waals surface area contributed by atoms with Crippen LogP contribution in [0.5, 0.6) is 0 Å². The molecule has 0 radical (unpaired) electrons. The number of nitrogens with one attached hydrogen (secondary N) is 2. The number of guanidine groups is 1. The Morgan fingerprint density at radius 3 is 2.55 bits per heavy atom. The molecular weight excluding hydrogens is 475 g/mol. The molecule has 160 valence electrons. The minimum absolute atomic E-state index is 0. The molecule has 29 heavy (non-hydrogen) atoms. The van der Waals surface area contributed by atoms with Crippen molar-refractivity contribution in [2.24, 2.45) is 10.9 Å². The summed E-state index contributed by atoms with van der Waals surface area (Å²) in [5, 5.41) is 7.13. The number of nitrogens with zero attached hydrogens (tertiary/aromatic N) is 2. The number of furan rings is 1. The standard InChI is InChI=1S/C23H34N4O.HI/c1-19(2)17-25-23(24-13-10-22-9-6-16-28-22)26-21-11-14-27(15-12-21)18-20-7-4-3-5-8-20;/h3-9,16,19,21H,10-15,17-18H2,1-2H3,(H2,24,25,26);1H. The highest BCUT2D eigenvalue weighted by Gasteiger charge is 2.20. The van der Waals surface area contributed by atoms with E-state index in [4.69, 9.17) is 9.41 Å². The number of benzene rings is 1. The van der Waals surface area contributed by atoms with Gasteiger partial charge in [-0.05, 0) is 36.5 Å². The average Bonchev–Trinajstić information content (AvgIpc) is 3.22. The normalized spacial score (nSPS) is 15.9. The van der Waals surface area contributed by atoms with E-state index >= 15 is 0 Å². The molecule has 6 heteroatoms. The monoisotopic (exact) mass is 510 g/mol. The van der Waals surface area contributed by atoms with Crippen LogP contribution >= 0.6 is 24.0 Å². The van der Waals surface area contributed by atoms with Crippen molar-refractivity contribution in [3.8, 4) is 0 Å². The summed E-state index contributed by atoms with van der Waals surface area (Å²) in [6.07, 6.45) is 4.89. The van der Waals surface area contributed by atoms with E-state index in [-0.39, 0.29) is 24.0 Å². The Balaban J connectivity index is 0.00000300. The van der Waals surface area contributed by atoms with Gasteiger partial charge in [0.05, 0.1) is 6.26 Å². The number of aliphatic imine (C=N–C) groups is 1. The Bertz CT molecular complexity index is 695. The van der Waals surface area contributed by atoms with Crippen LogP contribution in [0, 0.1) is 5.92 Å². The lowest BCUT2D eigenvalue weighted by Crippen LogP contribution is -2.49. The molecule has 1 aliphatic rings. The third-order valence-corrected chi connectivity index (χ3v) is 5.04. The Morgan fingerprint density at radius 2 is 1.90 bits per heavy atom. The predicted octanol–water partition coefficient (Wildman–Crippen LogP) is 4.30. The van der Waals surface area contributed by atoms with E-state index in [9.17, 15) is 0 Å². The highest BCUT2D eigenvalue weighted by molar-refractivity contribution is 14.0. The Hall–Kier alpha value is -1.54. The zero-order valence-electron chi connectivity index (χ0n) is 17.6. The van der Waals surface area contributed by atoms with E-state index in [0.717, 1.165) is 63.7 Å². The summed E-state index contributed by atoms with van der Waals surface area (Å²) in [6, 6.07) is 15.2. The van der Waals surface area contributed by atoms with E-state index in [0.29, 0.717) is 12.0 Å². The lowest BCUT2D eigenvalue weighted by Gasteiger charge is -2.33. The van der Waals surface area contributed by atoms with Crippen molar-refractivity contribution >= 4 is 29.9 Å². The van der Waals surface area contributed by atoms with E-state index < -0.39 is 0 Å². The molecule has 0 amide bonds. The quantitative estimate of drug-likeness (QED) is 0.316. The van der Waals surface area contributed by atoms with Crippen LogP contribution in [0.15, 0.2) is 58.1 Å². The van der Waals surface area contributed by atoms with Gasteiger partial charge >= 0.3 is 0 Å². The third kappa shape index (κ3) is 8.78. The molecule has 2 N–H and O–H groups in total. The number of hydrogen-bond donors (Lipinski definition) is 2. The Morgan fingerprint density at radius 1 is 1.14 bits per heavy atom. The van der Waals surface area contributed by atoms with Crippen LogP contribution in [-0.4, -0.2) is 43.1 Å². The van der Waals surface area contributed by atoms with E-state index in [1.807, 2.05) is 12.1 Å². The SMILES string of the molecule is CC(C)CN=C(NCCc1ccco1)NC1CCN(Cc2ccccc2)CC1.I. The van der Waals surface area contributed by atoms with Crippen molar-refractivity contribution in [1.82, 2.24) is 15.5 Å². The molecule has 1 aromatic carbocycles. The van der Waals surface area contributed by atoms with Gasteiger partial charge in [0.1, 0.15) is 5.76 Å². The number of halogens is 1. The van der Waals surface area contributed by atoms with Gasteiger partial charge < -0.3 is 15.1 Å². The summed E-state index contributed by atoms with van der Waals surface area (Å²) >= 11 is 0. The number of rotatable bonds is 8. The van der Waals surface area contributed by atoms with Crippen molar-refractivity contribution in [1.29, 1.82) is 0 Å². The summed E-state index contributed by atoms with van der Waals surface area (Å²) in [5.74, 6) is 2.49. The molecule has 0 atom stereocenters. The summed E-state index contributed by atoms with van der Waals surface area (Å²) in [5.41, 5.74) is 1.40. The largest absolute Gasteiger partial charge is 0.469 e. The van der Waals surface area contributed by atoms with Gasteiger partial charge in [0, 0.05) is 45.2 Å². The fourth-order valence-electron chi connectivity index (χ4n) is 3.46. The van der Waals surface area contributed by atoms with Gasteiger partial charge in [0.25, 0.3) is 0 Å². The number of hydrogen-bond acceptors (Lipinski definition) is 3. The lowest BCUT2D eigenvalue weighted by atomic mass is 10.0. The van der Waals surface area contributed by atoms with Crippen LogP contribution in [0.3, 0.4) is 0 Å².